The second-order valence-corrected chi connectivity index (χ2v) is 4.56. The van der Waals surface area contributed by atoms with E-state index in [4.69, 9.17) is 11.6 Å². The molecule has 1 aromatic carbocycles. The summed E-state index contributed by atoms with van der Waals surface area (Å²) in [5, 5.41) is 7.49. The minimum Gasteiger partial charge on any atom is -0.380 e. The fourth-order valence-corrected chi connectivity index (χ4v) is 2.00. The van der Waals surface area contributed by atoms with Crippen molar-refractivity contribution >= 4 is 17.3 Å². The maximum atomic E-state index is 6.12. The highest BCUT2D eigenvalue weighted by Crippen LogP contribution is 2.23. The maximum Gasteiger partial charge on any atom is 0.0637 e. The van der Waals surface area contributed by atoms with Crippen LogP contribution in [-0.4, -0.2) is 19.6 Å². The van der Waals surface area contributed by atoms with E-state index in [0.717, 1.165) is 36.8 Å². The van der Waals surface area contributed by atoms with Crippen LogP contribution in [-0.2, 0) is 0 Å². The summed E-state index contributed by atoms with van der Waals surface area (Å²) >= 11 is 6.12. The second kappa shape index (κ2) is 5.37. The summed E-state index contributed by atoms with van der Waals surface area (Å²) in [5.74, 6) is 0. The van der Waals surface area contributed by atoms with Gasteiger partial charge in [0.25, 0.3) is 0 Å². The molecule has 0 aromatic heterocycles. The van der Waals surface area contributed by atoms with E-state index in [1.165, 1.54) is 11.1 Å². The fourth-order valence-electron chi connectivity index (χ4n) is 1.81. The van der Waals surface area contributed by atoms with Crippen molar-refractivity contribution in [3.05, 3.63) is 40.4 Å². The van der Waals surface area contributed by atoms with Gasteiger partial charge >= 0.3 is 0 Å². The first-order valence-electron chi connectivity index (χ1n) is 5.64. The third-order valence-electron chi connectivity index (χ3n) is 2.79. The van der Waals surface area contributed by atoms with Gasteiger partial charge in [0.2, 0.25) is 0 Å². The van der Waals surface area contributed by atoms with Crippen molar-refractivity contribution in [3.63, 3.8) is 0 Å². The largest absolute Gasteiger partial charge is 0.380 e. The molecule has 3 heteroatoms. The molecule has 0 saturated heterocycles. The third-order valence-corrected chi connectivity index (χ3v) is 3.12. The standard InChI is InChI=1S/C13H17ClN2/c1-10-2-3-12(14)13(8-10)16-9-11-4-6-15-7-5-11/h2-4,8,15-16H,5-7,9H2,1H3. The molecule has 1 aliphatic rings. The normalized spacial score (nSPS) is 15.8. The van der Waals surface area contributed by atoms with Crippen LogP contribution in [0.25, 0.3) is 0 Å². The summed E-state index contributed by atoms with van der Waals surface area (Å²) in [6.07, 6.45) is 3.37. The quantitative estimate of drug-likeness (QED) is 0.789. The first kappa shape index (κ1) is 11.5. The molecule has 2 nitrogen and oxygen atoms in total. The molecule has 0 amide bonds. The van der Waals surface area contributed by atoms with Gasteiger partial charge in [-0.25, -0.2) is 0 Å². The highest BCUT2D eigenvalue weighted by molar-refractivity contribution is 6.33. The molecule has 0 aliphatic carbocycles. The average Bonchev–Trinajstić information content (AvgIpc) is 2.32. The summed E-state index contributed by atoms with van der Waals surface area (Å²) in [5.41, 5.74) is 3.71. The number of anilines is 1. The van der Waals surface area contributed by atoms with Crippen molar-refractivity contribution in [3.8, 4) is 0 Å². The summed E-state index contributed by atoms with van der Waals surface area (Å²) in [6, 6.07) is 6.05. The molecule has 1 heterocycles. The summed E-state index contributed by atoms with van der Waals surface area (Å²) in [6.45, 7) is 5.03. The Kier molecular flexibility index (Phi) is 3.86. The van der Waals surface area contributed by atoms with Crippen molar-refractivity contribution in [2.45, 2.75) is 13.3 Å². The number of hydrogen-bond donors (Lipinski definition) is 2. The summed E-state index contributed by atoms with van der Waals surface area (Å²) in [4.78, 5) is 0. The first-order valence-corrected chi connectivity index (χ1v) is 6.02. The highest BCUT2D eigenvalue weighted by atomic mass is 35.5. The minimum absolute atomic E-state index is 0.792. The predicted octanol–water partition coefficient (Wildman–Crippen LogP) is 2.98. The monoisotopic (exact) mass is 236 g/mol. The Morgan fingerprint density at radius 1 is 1.44 bits per heavy atom. The zero-order valence-corrected chi connectivity index (χ0v) is 10.3. The van der Waals surface area contributed by atoms with Gasteiger partial charge in [-0.2, -0.15) is 0 Å². The fraction of sp³-hybridized carbons (Fsp3) is 0.385. The molecule has 0 saturated carbocycles. The molecular weight excluding hydrogens is 220 g/mol. The van der Waals surface area contributed by atoms with Gasteiger partial charge in [-0.3, -0.25) is 0 Å². The van der Waals surface area contributed by atoms with Gasteiger partial charge in [0.15, 0.2) is 0 Å². The summed E-state index contributed by atoms with van der Waals surface area (Å²) < 4.78 is 0. The Labute approximate surface area is 102 Å². The van der Waals surface area contributed by atoms with Gasteiger partial charge < -0.3 is 10.6 Å². The number of rotatable bonds is 3. The lowest BCUT2D eigenvalue weighted by Crippen LogP contribution is -2.23. The molecule has 2 N–H and O–H groups in total. The summed E-state index contributed by atoms with van der Waals surface area (Å²) in [7, 11) is 0. The molecule has 0 unspecified atom stereocenters. The zero-order chi connectivity index (χ0) is 11.4. The Hall–Kier alpha value is -0.990. The van der Waals surface area contributed by atoms with Crippen LogP contribution < -0.4 is 10.6 Å². The molecule has 0 bridgehead atoms. The van der Waals surface area contributed by atoms with E-state index in [9.17, 15) is 0 Å². The van der Waals surface area contributed by atoms with Crippen molar-refractivity contribution in [1.29, 1.82) is 0 Å². The second-order valence-electron chi connectivity index (χ2n) is 4.15. The molecule has 0 atom stereocenters. The Morgan fingerprint density at radius 2 is 2.31 bits per heavy atom. The van der Waals surface area contributed by atoms with Crippen molar-refractivity contribution in [2.75, 3.05) is 25.0 Å². The smallest absolute Gasteiger partial charge is 0.0637 e. The lowest BCUT2D eigenvalue weighted by Gasteiger charge is -2.16. The van der Waals surface area contributed by atoms with E-state index in [-0.39, 0.29) is 0 Å². The third kappa shape index (κ3) is 3.00. The van der Waals surface area contributed by atoms with Crippen molar-refractivity contribution in [1.82, 2.24) is 5.32 Å². The van der Waals surface area contributed by atoms with Crippen LogP contribution in [0.2, 0.25) is 5.02 Å². The number of halogens is 1. The van der Waals surface area contributed by atoms with Crippen LogP contribution in [0, 0.1) is 6.92 Å². The maximum absolute atomic E-state index is 6.12. The Morgan fingerprint density at radius 3 is 3.06 bits per heavy atom. The van der Waals surface area contributed by atoms with Gasteiger partial charge in [-0.1, -0.05) is 29.3 Å². The molecule has 16 heavy (non-hydrogen) atoms. The molecule has 1 aliphatic heterocycles. The van der Waals surface area contributed by atoms with Gasteiger partial charge in [-0.15, -0.1) is 0 Å². The van der Waals surface area contributed by atoms with E-state index >= 15 is 0 Å². The zero-order valence-electron chi connectivity index (χ0n) is 9.52. The van der Waals surface area contributed by atoms with Crippen LogP contribution in [0.5, 0.6) is 0 Å². The Bertz CT molecular complexity index is 399. The Balaban J connectivity index is 1.98. The highest BCUT2D eigenvalue weighted by Gasteiger charge is 2.04. The minimum atomic E-state index is 0.792. The van der Waals surface area contributed by atoms with Crippen molar-refractivity contribution in [2.24, 2.45) is 0 Å². The number of nitrogens with one attached hydrogen (secondary N) is 2. The van der Waals surface area contributed by atoms with Crippen LogP contribution in [0.15, 0.2) is 29.8 Å². The molecule has 86 valence electrons. The van der Waals surface area contributed by atoms with Crippen LogP contribution in [0.3, 0.4) is 0 Å². The lowest BCUT2D eigenvalue weighted by molar-refractivity contribution is 0.698. The predicted molar refractivity (Wildman–Crippen MR) is 70.2 cm³/mol. The van der Waals surface area contributed by atoms with E-state index in [1.54, 1.807) is 0 Å². The molecule has 2 rings (SSSR count). The van der Waals surface area contributed by atoms with E-state index in [0.29, 0.717) is 0 Å². The van der Waals surface area contributed by atoms with E-state index in [1.807, 2.05) is 12.1 Å². The lowest BCUT2D eigenvalue weighted by atomic mass is 10.1. The molecule has 0 fully saturated rings. The van der Waals surface area contributed by atoms with Gasteiger partial charge in [0.05, 0.1) is 10.7 Å². The van der Waals surface area contributed by atoms with E-state index < -0.39 is 0 Å². The number of hydrogen-bond acceptors (Lipinski definition) is 2. The molecular formula is C13H17ClN2. The van der Waals surface area contributed by atoms with Crippen LogP contribution in [0.4, 0.5) is 5.69 Å². The van der Waals surface area contributed by atoms with Crippen LogP contribution in [0.1, 0.15) is 12.0 Å². The average molecular weight is 237 g/mol. The van der Waals surface area contributed by atoms with E-state index in [2.05, 4.69) is 29.7 Å². The van der Waals surface area contributed by atoms with Crippen LogP contribution >= 0.6 is 11.6 Å². The van der Waals surface area contributed by atoms with Gasteiger partial charge in [0, 0.05) is 13.1 Å². The molecule has 0 spiro atoms. The number of benzene rings is 1. The topological polar surface area (TPSA) is 24.1 Å². The molecule has 1 aromatic rings. The first-order chi connectivity index (χ1) is 7.75. The SMILES string of the molecule is Cc1ccc(Cl)c(NCC2=CCNCC2)c1. The molecule has 0 radical (unpaired) electrons. The van der Waals surface area contributed by atoms with Gasteiger partial charge in [0.1, 0.15) is 0 Å². The van der Waals surface area contributed by atoms with Gasteiger partial charge in [-0.05, 0) is 37.6 Å². The number of aryl methyl sites for hydroxylation is 1. The van der Waals surface area contributed by atoms with Crippen molar-refractivity contribution < 1.29 is 0 Å².